The summed E-state index contributed by atoms with van der Waals surface area (Å²) < 4.78 is 28.3. The summed E-state index contributed by atoms with van der Waals surface area (Å²) in [5, 5.41) is 5.41. The molecule has 1 aliphatic heterocycles. The van der Waals surface area contributed by atoms with E-state index in [4.69, 9.17) is 18.9 Å². The molecule has 0 fully saturated rings. The molecular weight excluding hydrogens is 481 g/mol. The quantitative estimate of drug-likeness (QED) is 0.234. The van der Waals surface area contributed by atoms with E-state index in [-0.39, 0.29) is 5.43 Å². The Balaban J connectivity index is 1.63. The van der Waals surface area contributed by atoms with Gasteiger partial charge in [-0.25, -0.2) is 14.1 Å². The van der Waals surface area contributed by atoms with E-state index in [1.54, 1.807) is 41.3 Å². The van der Waals surface area contributed by atoms with E-state index in [9.17, 15) is 9.18 Å². The van der Waals surface area contributed by atoms with E-state index < -0.39 is 11.9 Å². The van der Waals surface area contributed by atoms with Crippen molar-refractivity contribution in [3.63, 3.8) is 0 Å². The van der Waals surface area contributed by atoms with Crippen molar-refractivity contribution in [2.75, 3.05) is 0 Å². The predicted octanol–water partition coefficient (Wildman–Crippen LogP) is 7.95. The first kappa shape index (κ1) is 23.9. The summed E-state index contributed by atoms with van der Waals surface area (Å²) in [6.45, 7) is 4.06. The second-order valence-corrected chi connectivity index (χ2v) is 9.35. The molecule has 0 saturated carbocycles. The van der Waals surface area contributed by atoms with Gasteiger partial charge in [-0.2, -0.15) is 5.10 Å². The van der Waals surface area contributed by atoms with Crippen LogP contribution in [0, 0.1) is 5.82 Å². The lowest BCUT2D eigenvalue weighted by atomic mass is 9.98. The van der Waals surface area contributed by atoms with E-state index >= 15 is 0 Å². The molecule has 0 aliphatic carbocycles. The highest BCUT2D eigenvalue weighted by molar-refractivity contribution is 5.88. The van der Waals surface area contributed by atoms with Gasteiger partial charge >= 0.3 is 0 Å². The van der Waals surface area contributed by atoms with Crippen LogP contribution in [0.3, 0.4) is 0 Å². The third kappa shape index (κ3) is 4.00. The number of hydrogen-bond acceptors (Lipinski definition) is 5. The zero-order valence-corrected chi connectivity index (χ0v) is 21.1. The van der Waals surface area contributed by atoms with Crippen LogP contribution in [0.2, 0.25) is 0 Å². The summed E-state index contributed by atoms with van der Waals surface area (Å²) in [5.74, 6) is 1.26. The van der Waals surface area contributed by atoms with Crippen molar-refractivity contribution in [1.29, 1.82) is 0 Å². The third-order valence-corrected chi connectivity index (χ3v) is 6.85. The predicted molar refractivity (Wildman–Crippen MR) is 147 cm³/mol. The molecule has 0 radical (unpaired) electrons. The monoisotopic (exact) mass is 507 g/mol. The Kier molecular flexibility index (Phi) is 6.12. The lowest BCUT2D eigenvalue weighted by Gasteiger charge is -2.18. The van der Waals surface area contributed by atoms with Gasteiger partial charge in [0.15, 0.2) is 11.6 Å². The average Bonchev–Trinajstić information content (AvgIpc) is 3.54. The Morgan fingerprint density at radius 2 is 1.95 bits per heavy atom. The smallest absolute Gasteiger partial charge is 0.200 e. The zero-order chi connectivity index (χ0) is 26.2. The van der Waals surface area contributed by atoms with Crippen LogP contribution in [0.1, 0.15) is 50.5 Å². The van der Waals surface area contributed by atoms with Gasteiger partial charge in [-0.3, -0.25) is 4.79 Å². The second kappa shape index (κ2) is 9.74. The number of nitrogens with zero attached hydrogens (tertiary/aromatic N) is 3. The molecule has 0 spiro atoms. The molecule has 0 bridgehead atoms. The Bertz CT molecular complexity index is 1760. The average molecular weight is 508 g/mol. The number of rotatable bonds is 6. The highest BCUT2D eigenvalue weighted by Crippen LogP contribution is 2.42. The van der Waals surface area contributed by atoms with Crippen molar-refractivity contribution in [1.82, 2.24) is 9.78 Å². The van der Waals surface area contributed by atoms with Gasteiger partial charge in [-0.1, -0.05) is 43.7 Å². The van der Waals surface area contributed by atoms with Gasteiger partial charge in [0.2, 0.25) is 5.43 Å². The minimum Gasteiger partial charge on any atom is -0.463 e. The molecule has 7 heteroatoms. The Hall–Kier alpha value is -4.52. The van der Waals surface area contributed by atoms with Gasteiger partial charge in [0.05, 0.1) is 22.8 Å². The molecule has 0 N–H and O–H groups in total. The second-order valence-electron chi connectivity index (χ2n) is 9.35. The highest BCUT2D eigenvalue weighted by atomic mass is 19.1. The van der Waals surface area contributed by atoms with E-state index in [1.165, 1.54) is 12.1 Å². The molecule has 0 amide bonds. The third-order valence-electron chi connectivity index (χ3n) is 6.85. The fourth-order valence-electron chi connectivity index (χ4n) is 5.12. The number of furan rings is 1. The topological polar surface area (TPSA) is 73.5 Å². The van der Waals surface area contributed by atoms with Crippen LogP contribution in [0.25, 0.3) is 39.1 Å². The molecule has 1 aliphatic rings. The maximum atomic E-state index is 14.3. The lowest BCUT2D eigenvalue weighted by Crippen LogP contribution is -2.16. The number of hydrogen-bond donors (Lipinski definition) is 0. The Morgan fingerprint density at radius 1 is 1.08 bits per heavy atom. The first-order valence-corrected chi connectivity index (χ1v) is 12.8. The SMILES string of the molecule is CCCC1=CCC=Nc2c1c(-c1ccco1)nn2C(C)c1oc2ccccc2c(=O)c1-c1cccc(F)c1. The van der Waals surface area contributed by atoms with Crippen molar-refractivity contribution in [2.45, 2.75) is 39.2 Å². The Labute approximate surface area is 218 Å². The fraction of sp³-hybridized carbons (Fsp3) is 0.194. The first-order valence-electron chi connectivity index (χ1n) is 12.8. The van der Waals surface area contributed by atoms with Crippen LogP contribution < -0.4 is 5.43 Å². The van der Waals surface area contributed by atoms with E-state index in [1.807, 2.05) is 31.3 Å². The maximum absolute atomic E-state index is 14.3. The molecule has 6 nitrogen and oxygen atoms in total. The Morgan fingerprint density at radius 3 is 2.74 bits per heavy atom. The van der Waals surface area contributed by atoms with Gasteiger partial charge < -0.3 is 8.83 Å². The summed E-state index contributed by atoms with van der Waals surface area (Å²) in [4.78, 5) is 18.6. The summed E-state index contributed by atoms with van der Waals surface area (Å²) in [6.07, 6.45) is 8.20. The molecule has 190 valence electrons. The normalized spacial score (nSPS) is 13.8. The zero-order valence-electron chi connectivity index (χ0n) is 21.1. The lowest BCUT2D eigenvalue weighted by molar-refractivity contribution is 0.441. The molecule has 0 saturated heterocycles. The van der Waals surface area contributed by atoms with Gasteiger partial charge in [-0.05, 0) is 60.9 Å². The van der Waals surface area contributed by atoms with E-state index in [0.717, 1.165) is 24.0 Å². The number of benzene rings is 2. The van der Waals surface area contributed by atoms with Crippen LogP contribution >= 0.6 is 0 Å². The number of para-hydroxylation sites is 1. The summed E-state index contributed by atoms with van der Waals surface area (Å²) in [6, 6.07) is 16.3. The molecular formula is C31H26FN3O3. The number of allylic oxidation sites excluding steroid dienone is 2. The van der Waals surface area contributed by atoms with Crippen molar-refractivity contribution in [3.8, 4) is 22.6 Å². The van der Waals surface area contributed by atoms with E-state index in [2.05, 4.69) is 13.0 Å². The van der Waals surface area contributed by atoms with Crippen molar-refractivity contribution < 1.29 is 13.2 Å². The minimum atomic E-state index is -0.541. The largest absolute Gasteiger partial charge is 0.463 e. The van der Waals surface area contributed by atoms with Crippen LogP contribution in [0.4, 0.5) is 10.2 Å². The minimum absolute atomic E-state index is 0.223. The molecule has 5 aromatic rings. The number of halogens is 1. The number of fused-ring (bicyclic) bond motifs is 2. The molecule has 6 rings (SSSR count). The molecule has 4 heterocycles. The van der Waals surface area contributed by atoms with Crippen molar-refractivity contribution in [3.05, 3.63) is 100 Å². The first-order chi connectivity index (χ1) is 18.6. The van der Waals surface area contributed by atoms with E-state index in [0.29, 0.717) is 51.5 Å². The summed E-state index contributed by atoms with van der Waals surface area (Å²) in [7, 11) is 0. The highest BCUT2D eigenvalue weighted by Gasteiger charge is 2.30. The molecule has 38 heavy (non-hydrogen) atoms. The van der Waals surface area contributed by atoms with Gasteiger partial charge in [0.1, 0.15) is 28.9 Å². The molecule has 2 aromatic carbocycles. The van der Waals surface area contributed by atoms with Crippen LogP contribution in [0.5, 0.6) is 0 Å². The van der Waals surface area contributed by atoms with Crippen LogP contribution in [-0.2, 0) is 0 Å². The van der Waals surface area contributed by atoms with Crippen LogP contribution in [-0.4, -0.2) is 16.0 Å². The molecule has 1 unspecified atom stereocenters. The van der Waals surface area contributed by atoms with Crippen LogP contribution in [0.15, 0.2) is 91.6 Å². The summed E-state index contributed by atoms with van der Waals surface area (Å²) in [5.41, 5.74) is 3.74. The van der Waals surface area contributed by atoms with Gasteiger partial charge in [0.25, 0.3) is 0 Å². The maximum Gasteiger partial charge on any atom is 0.200 e. The number of aliphatic imine (C=N–C) groups is 1. The fourth-order valence-corrected chi connectivity index (χ4v) is 5.12. The van der Waals surface area contributed by atoms with Gasteiger partial charge in [0, 0.05) is 12.6 Å². The standard InChI is InChI=1S/C31H26FN3O3/c1-3-9-20-11-7-16-33-31-26(20)28(25-15-8-17-37-25)34-35(31)19(2)30-27(21-10-6-12-22(32)18-21)29(36)23-13-4-5-14-24(23)38-30/h4-6,8,10-19H,3,7,9H2,1-2H3. The van der Waals surface area contributed by atoms with Crippen molar-refractivity contribution >= 4 is 28.6 Å². The van der Waals surface area contributed by atoms with Crippen molar-refractivity contribution in [2.24, 2.45) is 4.99 Å². The number of aromatic nitrogens is 2. The molecule has 3 aromatic heterocycles. The molecule has 1 atom stereocenters. The van der Waals surface area contributed by atoms with Gasteiger partial charge in [-0.15, -0.1) is 0 Å². The summed E-state index contributed by atoms with van der Waals surface area (Å²) >= 11 is 0.